The summed E-state index contributed by atoms with van der Waals surface area (Å²) < 4.78 is 0. The third-order valence-electron chi connectivity index (χ3n) is 2.68. The van der Waals surface area contributed by atoms with Crippen LogP contribution in [-0.4, -0.2) is 26.5 Å². The largest absolute Gasteiger partial charge is 0.383 e. The third-order valence-corrected chi connectivity index (χ3v) is 3.59. The van der Waals surface area contributed by atoms with Crippen molar-refractivity contribution < 1.29 is 0 Å². The van der Waals surface area contributed by atoms with Crippen LogP contribution in [0.1, 0.15) is 25.8 Å². The van der Waals surface area contributed by atoms with Crippen LogP contribution in [0.4, 0.5) is 17.5 Å². The van der Waals surface area contributed by atoms with Crippen molar-refractivity contribution in [2.75, 3.05) is 23.3 Å². The molecule has 112 valence electrons. The van der Waals surface area contributed by atoms with E-state index in [0.29, 0.717) is 16.8 Å². The number of hydrogen-bond acceptors (Lipinski definition) is 8. The van der Waals surface area contributed by atoms with Gasteiger partial charge >= 0.3 is 0 Å². The first kappa shape index (κ1) is 15.3. The fourth-order valence-corrected chi connectivity index (χ4v) is 2.77. The van der Waals surface area contributed by atoms with Crippen molar-refractivity contribution in [1.82, 2.24) is 19.9 Å². The first-order valence-corrected chi connectivity index (χ1v) is 7.61. The van der Waals surface area contributed by atoms with E-state index in [1.54, 1.807) is 0 Å². The van der Waals surface area contributed by atoms with E-state index >= 15 is 0 Å². The summed E-state index contributed by atoms with van der Waals surface area (Å²) in [6.45, 7) is 4.96. The number of nitrogens with two attached hydrogens (primary N) is 2. The quantitative estimate of drug-likeness (QED) is 0.548. The number of nitrogens with one attached hydrogen (secondary N) is 1. The standard InChI is InChI=1S/C13H19N7S/c1-3-5-8-11(16-4-2)17-7-18-12(8)21-13-19-9(14)6-10(15)20-13/h6-7H,3-5H2,1-2H3,(H,16,17,18)(H4,14,15,19,20). The summed E-state index contributed by atoms with van der Waals surface area (Å²) in [5, 5.41) is 4.57. The SMILES string of the molecule is CCCc1c(NCC)ncnc1Sc1nc(N)cc(N)n1. The van der Waals surface area contributed by atoms with Gasteiger partial charge in [0.1, 0.15) is 28.8 Å². The normalized spacial score (nSPS) is 10.6. The van der Waals surface area contributed by atoms with E-state index in [-0.39, 0.29) is 0 Å². The van der Waals surface area contributed by atoms with Crippen LogP contribution >= 0.6 is 11.8 Å². The van der Waals surface area contributed by atoms with Crippen LogP contribution < -0.4 is 16.8 Å². The summed E-state index contributed by atoms with van der Waals surface area (Å²) >= 11 is 1.35. The predicted octanol–water partition coefficient (Wildman–Crippen LogP) is 1.97. The molecule has 5 N–H and O–H groups in total. The third kappa shape index (κ3) is 3.94. The van der Waals surface area contributed by atoms with E-state index in [1.165, 1.54) is 24.2 Å². The molecule has 0 aliphatic heterocycles. The highest BCUT2D eigenvalue weighted by Crippen LogP contribution is 2.30. The number of rotatable bonds is 6. The molecule has 21 heavy (non-hydrogen) atoms. The first-order valence-electron chi connectivity index (χ1n) is 6.79. The van der Waals surface area contributed by atoms with Gasteiger partial charge < -0.3 is 16.8 Å². The molecule has 0 aromatic carbocycles. The van der Waals surface area contributed by atoms with Crippen LogP contribution in [0.2, 0.25) is 0 Å². The zero-order chi connectivity index (χ0) is 15.2. The van der Waals surface area contributed by atoms with E-state index in [1.807, 2.05) is 6.92 Å². The van der Waals surface area contributed by atoms with Gasteiger partial charge in [0.25, 0.3) is 0 Å². The smallest absolute Gasteiger partial charge is 0.197 e. The summed E-state index contributed by atoms with van der Waals surface area (Å²) in [4.78, 5) is 17.0. The van der Waals surface area contributed by atoms with Gasteiger partial charge in [-0.1, -0.05) is 13.3 Å². The number of nitrogen functional groups attached to an aromatic ring is 2. The Bertz CT molecular complexity index is 597. The number of aromatic nitrogens is 4. The van der Waals surface area contributed by atoms with E-state index in [9.17, 15) is 0 Å². The van der Waals surface area contributed by atoms with E-state index in [0.717, 1.165) is 35.8 Å². The van der Waals surface area contributed by atoms with Crippen molar-refractivity contribution in [3.63, 3.8) is 0 Å². The average molecular weight is 305 g/mol. The molecule has 2 rings (SSSR count). The zero-order valence-electron chi connectivity index (χ0n) is 12.1. The fraction of sp³-hybridized carbons (Fsp3) is 0.385. The lowest BCUT2D eigenvalue weighted by molar-refractivity contribution is 0.852. The van der Waals surface area contributed by atoms with Gasteiger partial charge in [0.15, 0.2) is 5.16 Å². The van der Waals surface area contributed by atoms with Gasteiger partial charge in [-0.3, -0.25) is 0 Å². The summed E-state index contributed by atoms with van der Waals surface area (Å²) in [7, 11) is 0. The molecular formula is C13H19N7S. The van der Waals surface area contributed by atoms with Gasteiger partial charge in [0, 0.05) is 18.2 Å². The molecular weight excluding hydrogens is 286 g/mol. The minimum absolute atomic E-state index is 0.350. The van der Waals surface area contributed by atoms with Gasteiger partial charge in [0.2, 0.25) is 0 Å². The molecule has 2 heterocycles. The highest BCUT2D eigenvalue weighted by atomic mass is 32.2. The van der Waals surface area contributed by atoms with Crippen LogP contribution in [0.15, 0.2) is 22.6 Å². The molecule has 0 aliphatic rings. The molecule has 0 radical (unpaired) electrons. The maximum absolute atomic E-state index is 5.70. The number of nitrogens with zero attached hydrogens (tertiary/aromatic N) is 4. The van der Waals surface area contributed by atoms with E-state index in [2.05, 4.69) is 32.2 Å². The lowest BCUT2D eigenvalue weighted by Crippen LogP contribution is -2.06. The minimum Gasteiger partial charge on any atom is -0.383 e. The number of hydrogen-bond donors (Lipinski definition) is 3. The van der Waals surface area contributed by atoms with Crippen LogP contribution in [0.3, 0.4) is 0 Å². The molecule has 8 heteroatoms. The summed E-state index contributed by atoms with van der Waals surface area (Å²) in [5.74, 6) is 1.56. The molecule has 0 aliphatic carbocycles. The molecule has 0 saturated carbocycles. The second kappa shape index (κ2) is 7.07. The maximum Gasteiger partial charge on any atom is 0.197 e. The Morgan fingerprint density at radius 1 is 1.14 bits per heavy atom. The van der Waals surface area contributed by atoms with Gasteiger partial charge in [-0.05, 0) is 25.1 Å². The molecule has 2 aromatic rings. The molecule has 0 bridgehead atoms. The monoisotopic (exact) mass is 305 g/mol. The minimum atomic E-state index is 0.350. The fourth-order valence-electron chi connectivity index (χ4n) is 1.87. The molecule has 0 unspecified atom stereocenters. The predicted molar refractivity (Wildman–Crippen MR) is 85.2 cm³/mol. The second-order valence-electron chi connectivity index (χ2n) is 4.39. The molecule has 2 aromatic heterocycles. The van der Waals surface area contributed by atoms with Crippen LogP contribution in [0, 0.1) is 0 Å². The molecule has 0 saturated heterocycles. The van der Waals surface area contributed by atoms with Gasteiger partial charge in [-0.2, -0.15) is 0 Å². The van der Waals surface area contributed by atoms with Gasteiger partial charge in [-0.25, -0.2) is 19.9 Å². The molecule has 0 atom stereocenters. The Hall–Kier alpha value is -2.09. The Labute approximate surface area is 128 Å². The van der Waals surface area contributed by atoms with Crippen molar-refractivity contribution in [3.05, 3.63) is 18.0 Å². The first-order chi connectivity index (χ1) is 10.1. The topological polar surface area (TPSA) is 116 Å². The van der Waals surface area contributed by atoms with Crippen molar-refractivity contribution >= 4 is 29.2 Å². The summed E-state index contributed by atoms with van der Waals surface area (Å²) in [6, 6.07) is 1.53. The molecule has 7 nitrogen and oxygen atoms in total. The van der Waals surface area contributed by atoms with E-state index in [4.69, 9.17) is 11.5 Å². The second-order valence-corrected chi connectivity index (χ2v) is 5.34. The Balaban J connectivity index is 2.35. The van der Waals surface area contributed by atoms with Crippen molar-refractivity contribution in [2.45, 2.75) is 36.9 Å². The van der Waals surface area contributed by atoms with Crippen LogP contribution in [0.5, 0.6) is 0 Å². The van der Waals surface area contributed by atoms with Crippen molar-refractivity contribution in [1.29, 1.82) is 0 Å². The Kier molecular flexibility index (Phi) is 5.15. The average Bonchev–Trinajstić information content (AvgIpc) is 2.41. The van der Waals surface area contributed by atoms with Crippen LogP contribution in [0.25, 0.3) is 0 Å². The maximum atomic E-state index is 5.70. The molecule has 0 spiro atoms. The van der Waals surface area contributed by atoms with Crippen molar-refractivity contribution in [2.24, 2.45) is 0 Å². The van der Waals surface area contributed by atoms with Crippen LogP contribution in [-0.2, 0) is 6.42 Å². The summed E-state index contributed by atoms with van der Waals surface area (Å²) in [5.41, 5.74) is 12.5. The lowest BCUT2D eigenvalue weighted by atomic mass is 10.2. The molecule has 0 amide bonds. The van der Waals surface area contributed by atoms with Gasteiger partial charge in [-0.15, -0.1) is 0 Å². The zero-order valence-corrected chi connectivity index (χ0v) is 12.9. The van der Waals surface area contributed by atoms with E-state index < -0.39 is 0 Å². The highest BCUT2D eigenvalue weighted by Gasteiger charge is 2.13. The highest BCUT2D eigenvalue weighted by molar-refractivity contribution is 7.99. The number of anilines is 3. The molecule has 0 fully saturated rings. The van der Waals surface area contributed by atoms with Crippen molar-refractivity contribution in [3.8, 4) is 0 Å². The Morgan fingerprint density at radius 2 is 1.86 bits per heavy atom. The Morgan fingerprint density at radius 3 is 2.48 bits per heavy atom. The lowest BCUT2D eigenvalue weighted by Gasteiger charge is -2.12. The van der Waals surface area contributed by atoms with Gasteiger partial charge in [0.05, 0.1) is 0 Å². The summed E-state index contributed by atoms with van der Waals surface area (Å²) in [6.07, 6.45) is 3.41.